The number of hydrogen-bond acceptors (Lipinski definition) is 5. The Morgan fingerprint density at radius 2 is 2.00 bits per heavy atom. The average molecular weight is 358 g/mol. The van der Waals surface area contributed by atoms with Crippen molar-refractivity contribution < 1.29 is 27.5 Å². The molecule has 0 saturated heterocycles. The van der Waals surface area contributed by atoms with Crippen molar-refractivity contribution in [1.82, 2.24) is 4.98 Å². The first-order valence-electron chi connectivity index (χ1n) is 5.12. The van der Waals surface area contributed by atoms with E-state index in [4.69, 9.17) is 25.3 Å². The van der Waals surface area contributed by atoms with E-state index in [0.29, 0.717) is 10.6 Å². The number of halogens is 4. The molecule has 0 saturated carbocycles. The number of carboxylic acids is 1. The Kier molecular flexibility index (Phi) is 6.67. The van der Waals surface area contributed by atoms with Crippen LogP contribution >= 0.6 is 15.9 Å². The van der Waals surface area contributed by atoms with Crippen molar-refractivity contribution in [2.45, 2.75) is 26.1 Å². The van der Waals surface area contributed by atoms with Gasteiger partial charge in [-0.2, -0.15) is 18.4 Å². The summed E-state index contributed by atoms with van der Waals surface area (Å²) in [5.74, 6) is -2.12. The van der Waals surface area contributed by atoms with E-state index in [1.54, 1.807) is 0 Å². The molecular formula is C10H11BrF3N3O3. The Morgan fingerprint density at radius 1 is 1.55 bits per heavy atom. The number of nitriles is 1. The Morgan fingerprint density at radius 3 is 2.25 bits per heavy atom. The summed E-state index contributed by atoms with van der Waals surface area (Å²) in [7, 11) is 0. The van der Waals surface area contributed by atoms with Gasteiger partial charge in [-0.3, -0.25) is 0 Å². The molecule has 0 aliphatic heterocycles. The predicted molar refractivity (Wildman–Crippen MR) is 64.4 cm³/mol. The molecule has 1 aromatic rings. The zero-order chi connectivity index (χ0) is 16.1. The Bertz CT molecular complexity index is 508. The van der Waals surface area contributed by atoms with E-state index in [1.807, 2.05) is 19.9 Å². The van der Waals surface area contributed by atoms with Crippen LogP contribution in [0, 0.1) is 17.2 Å². The largest absolute Gasteiger partial charge is 0.490 e. The van der Waals surface area contributed by atoms with Crippen molar-refractivity contribution in [3.05, 3.63) is 16.3 Å². The van der Waals surface area contributed by atoms with Crippen LogP contribution in [0.2, 0.25) is 0 Å². The smallest absolute Gasteiger partial charge is 0.475 e. The van der Waals surface area contributed by atoms with Crippen LogP contribution in [0.15, 0.2) is 9.09 Å². The Balaban J connectivity index is 0.000000441. The first-order chi connectivity index (χ1) is 9.00. The summed E-state index contributed by atoms with van der Waals surface area (Å²) in [6.45, 7) is 3.93. The van der Waals surface area contributed by atoms with Crippen LogP contribution in [-0.4, -0.2) is 22.2 Å². The molecular weight excluding hydrogens is 347 g/mol. The van der Waals surface area contributed by atoms with E-state index < -0.39 is 12.1 Å². The molecule has 3 N–H and O–H groups in total. The number of aliphatic carboxylic acids is 1. The summed E-state index contributed by atoms with van der Waals surface area (Å²) in [5, 5.41) is 15.7. The molecule has 0 fully saturated rings. The number of carbonyl (C=O) groups is 1. The fourth-order valence-electron chi connectivity index (χ4n) is 0.814. The van der Waals surface area contributed by atoms with Gasteiger partial charge in [0.2, 0.25) is 10.6 Å². The van der Waals surface area contributed by atoms with Gasteiger partial charge in [0.05, 0.1) is 6.04 Å². The molecule has 1 atom stereocenters. The molecule has 1 rings (SSSR count). The van der Waals surface area contributed by atoms with Gasteiger partial charge in [-0.25, -0.2) is 9.78 Å². The number of rotatable bonds is 2. The number of aromatic nitrogens is 1. The van der Waals surface area contributed by atoms with E-state index in [1.165, 1.54) is 0 Å². The molecule has 1 heterocycles. The lowest BCUT2D eigenvalue weighted by atomic mass is 10.1. The highest BCUT2D eigenvalue weighted by Crippen LogP contribution is 2.24. The zero-order valence-electron chi connectivity index (χ0n) is 10.4. The van der Waals surface area contributed by atoms with Gasteiger partial charge in [-0.05, 0) is 21.8 Å². The highest BCUT2D eigenvalue weighted by molar-refractivity contribution is 9.10. The highest BCUT2D eigenvalue weighted by atomic mass is 79.9. The quantitative estimate of drug-likeness (QED) is 0.840. The third-order valence-corrected chi connectivity index (χ3v) is 2.49. The predicted octanol–water partition coefficient (Wildman–Crippen LogP) is 2.60. The standard InChI is InChI=1S/C8H10BrN3O.C2HF3O2/c1-4(2)6(11)8-12-5(3-10)7(9)13-8;3-2(4,5)1(6)7/h4,6H,11H2,1-2H3;(H,6,7)/t6-;/m0./s1. The average Bonchev–Trinajstić information content (AvgIpc) is 2.68. The molecule has 0 aliphatic carbocycles. The number of alkyl halides is 3. The van der Waals surface area contributed by atoms with Gasteiger partial charge in [0.1, 0.15) is 6.07 Å². The third-order valence-electron chi connectivity index (χ3n) is 1.95. The van der Waals surface area contributed by atoms with Gasteiger partial charge >= 0.3 is 12.1 Å². The minimum Gasteiger partial charge on any atom is -0.475 e. The maximum Gasteiger partial charge on any atom is 0.490 e. The van der Waals surface area contributed by atoms with Crippen LogP contribution in [-0.2, 0) is 4.79 Å². The second-order valence-electron chi connectivity index (χ2n) is 3.86. The van der Waals surface area contributed by atoms with Gasteiger partial charge in [-0.1, -0.05) is 13.8 Å². The maximum absolute atomic E-state index is 10.6. The first kappa shape index (κ1) is 18.4. The van der Waals surface area contributed by atoms with E-state index in [2.05, 4.69) is 20.9 Å². The summed E-state index contributed by atoms with van der Waals surface area (Å²) < 4.78 is 37.3. The zero-order valence-corrected chi connectivity index (χ0v) is 12.0. The van der Waals surface area contributed by atoms with E-state index in [9.17, 15) is 13.2 Å². The minimum atomic E-state index is -5.08. The first-order valence-corrected chi connectivity index (χ1v) is 5.92. The van der Waals surface area contributed by atoms with Gasteiger partial charge < -0.3 is 15.3 Å². The molecule has 20 heavy (non-hydrogen) atoms. The maximum atomic E-state index is 10.6. The number of nitrogens with two attached hydrogens (primary N) is 1. The lowest BCUT2D eigenvalue weighted by Crippen LogP contribution is -2.21. The van der Waals surface area contributed by atoms with Gasteiger partial charge in [-0.15, -0.1) is 0 Å². The molecule has 0 radical (unpaired) electrons. The molecule has 0 aromatic carbocycles. The SMILES string of the molecule is CC(C)[C@H](N)c1nc(C#N)c(Br)o1.O=C(O)C(F)(F)F. The molecule has 0 unspecified atom stereocenters. The van der Waals surface area contributed by atoms with Crippen molar-refractivity contribution in [2.75, 3.05) is 0 Å². The number of nitrogens with zero attached hydrogens (tertiary/aromatic N) is 2. The summed E-state index contributed by atoms with van der Waals surface area (Å²) >= 11 is 3.09. The van der Waals surface area contributed by atoms with E-state index >= 15 is 0 Å². The molecule has 6 nitrogen and oxygen atoms in total. The normalized spacial score (nSPS) is 12.3. The van der Waals surface area contributed by atoms with Crippen molar-refractivity contribution in [3.63, 3.8) is 0 Å². The molecule has 0 aliphatic rings. The number of carboxylic acid groups (broad SMARTS) is 1. The van der Waals surface area contributed by atoms with Crippen LogP contribution in [0.1, 0.15) is 31.5 Å². The van der Waals surface area contributed by atoms with Gasteiger partial charge in [0.15, 0.2) is 5.69 Å². The van der Waals surface area contributed by atoms with Crippen molar-refractivity contribution in [3.8, 4) is 6.07 Å². The topological polar surface area (TPSA) is 113 Å². The molecule has 1 aromatic heterocycles. The van der Waals surface area contributed by atoms with Crippen LogP contribution < -0.4 is 5.73 Å². The van der Waals surface area contributed by atoms with Crippen molar-refractivity contribution >= 4 is 21.9 Å². The minimum absolute atomic E-state index is 0.233. The molecule has 112 valence electrons. The highest BCUT2D eigenvalue weighted by Gasteiger charge is 2.38. The van der Waals surface area contributed by atoms with Gasteiger partial charge in [0.25, 0.3) is 0 Å². The summed E-state index contributed by atoms with van der Waals surface area (Å²) in [4.78, 5) is 12.8. The lowest BCUT2D eigenvalue weighted by Gasteiger charge is -2.09. The van der Waals surface area contributed by atoms with Crippen molar-refractivity contribution in [1.29, 1.82) is 5.26 Å². The van der Waals surface area contributed by atoms with Gasteiger partial charge in [0, 0.05) is 0 Å². The Hall–Kier alpha value is -1.60. The summed E-state index contributed by atoms with van der Waals surface area (Å²) in [5.41, 5.74) is 6.03. The van der Waals surface area contributed by atoms with Crippen molar-refractivity contribution in [2.24, 2.45) is 11.7 Å². The molecule has 10 heteroatoms. The molecule has 0 spiro atoms. The Labute approximate surface area is 120 Å². The van der Waals surface area contributed by atoms with Crippen LogP contribution in [0.5, 0.6) is 0 Å². The number of hydrogen-bond donors (Lipinski definition) is 2. The van der Waals surface area contributed by atoms with E-state index in [0.717, 1.165) is 0 Å². The third kappa shape index (κ3) is 5.58. The van der Waals surface area contributed by atoms with Crippen LogP contribution in [0.4, 0.5) is 13.2 Å². The summed E-state index contributed by atoms with van der Waals surface area (Å²) in [6, 6.07) is 1.64. The van der Waals surface area contributed by atoms with E-state index in [-0.39, 0.29) is 17.7 Å². The fraction of sp³-hybridized carbons (Fsp3) is 0.500. The molecule has 0 bridgehead atoms. The molecule has 0 amide bonds. The van der Waals surface area contributed by atoms with Crippen LogP contribution in [0.3, 0.4) is 0 Å². The second kappa shape index (κ2) is 7.25. The summed E-state index contributed by atoms with van der Waals surface area (Å²) in [6.07, 6.45) is -5.08. The second-order valence-corrected chi connectivity index (χ2v) is 4.58. The number of oxazole rings is 1. The monoisotopic (exact) mass is 357 g/mol. The fourth-order valence-corrected chi connectivity index (χ4v) is 1.16. The lowest BCUT2D eigenvalue weighted by molar-refractivity contribution is -0.192. The van der Waals surface area contributed by atoms with Crippen LogP contribution in [0.25, 0.3) is 0 Å².